The predicted molar refractivity (Wildman–Crippen MR) is 104 cm³/mol. The smallest absolute Gasteiger partial charge is 0.238 e. The summed E-state index contributed by atoms with van der Waals surface area (Å²) in [6.07, 6.45) is 6.27. The zero-order valence-corrected chi connectivity index (χ0v) is 15.8. The molecule has 1 fully saturated rings. The predicted octanol–water partition coefficient (Wildman–Crippen LogP) is 4.47. The first-order valence-electron chi connectivity index (χ1n) is 8.58. The third-order valence-electron chi connectivity index (χ3n) is 4.61. The van der Waals surface area contributed by atoms with Gasteiger partial charge < -0.3 is 15.2 Å². The molecule has 26 heavy (non-hydrogen) atoms. The number of fused-ring (bicyclic) bond motifs is 1. The number of aliphatic hydroxyl groups excluding tert-OH is 1. The highest BCUT2D eigenvalue weighted by Gasteiger charge is 2.22. The fourth-order valence-electron chi connectivity index (χ4n) is 3.17. The van der Waals surface area contributed by atoms with E-state index in [2.05, 4.69) is 20.3 Å². The number of halogens is 1. The van der Waals surface area contributed by atoms with Crippen molar-refractivity contribution in [1.29, 1.82) is 0 Å². The maximum atomic E-state index is 9.66. The second kappa shape index (κ2) is 7.34. The molecule has 0 spiro atoms. The number of rotatable bonds is 4. The Morgan fingerprint density at radius 1 is 1.23 bits per heavy atom. The number of aryl methyl sites for hydroxylation is 1. The van der Waals surface area contributed by atoms with E-state index in [-0.39, 0.29) is 12.2 Å². The molecule has 2 N–H and O–H groups in total. The minimum atomic E-state index is -0.211. The number of hydrogen-bond donors (Lipinski definition) is 2. The van der Waals surface area contributed by atoms with E-state index in [9.17, 15) is 5.11 Å². The number of hydrogen-bond acceptors (Lipinski definition) is 7. The van der Waals surface area contributed by atoms with Crippen LogP contribution in [0, 0.1) is 6.92 Å². The van der Waals surface area contributed by atoms with Crippen molar-refractivity contribution < 1.29 is 9.84 Å². The number of aliphatic hydroxyl groups is 1. The van der Waals surface area contributed by atoms with Gasteiger partial charge in [-0.2, -0.15) is 0 Å². The van der Waals surface area contributed by atoms with Gasteiger partial charge in [0, 0.05) is 6.20 Å². The highest BCUT2D eigenvalue weighted by Crippen LogP contribution is 2.38. The van der Waals surface area contributed by atoms with Crippen LogP contribution in [0.2, 0.25) is 4.34 Å². The molecule has 136 valence electrons. The number of nitrogens with zero attached hydrogens (tertiary/aromatic N) is 3. The second-order valence-corrected chi connectivity index (χ2v) is 8.03. The van der Waals surface area contributed by atoms with Gasteiger partial charge in [-0.3, -0.25) is 0 Å². The van der Waals surface area contributed by atoms with Crippen LogP contribution in [0.4, 0.5) is 11.5 Å². The van der Waals surface area contributed by atoms with E-state index in [0.717, 1.165) is 47.2 Å². The summed E-state index contributed by atoms with van der Waals surface area (Å²) in [5.41, 5.74) is 1.71. The third kappa shape index (κ3) is 3.47. The van der Waals surface area contributed by atoms with Crippen LogP contribution in [-0.2, 0) is 0 Å². The summed E-state index contributed by atoms with van der Waals surface area (Å²) >= 11 is 7.70. The van der Waals surface area contributed by atoms with Crippen LogP contribution < -0.4 is 10.1 Å². The number of thiophene rings is 1. The molecular formula is C18H19ClN4O2S. The van der Waals surface area contributed by atoms with Crippen molar-refractivity contribution in [3.63, 3.8) is 0 Å². The van der Waals surface area contributed by atoms with Gasteiger partial charge in [0.05, 0.1) is 15.8 Å². The highest BCUT2D eigenvalue weighted by molar-refractivity contribution is 7.22. The molecule has 0 aliphatic heterocycles. The second-order valence-electron chi connectivity index (χ2n) is 6.43. The maximum Gasteiger partial charge on any atom is 0.238 e. The monoisotopic (exact) mass is 390 g/mol. The van der Waals surface area contributed by atoms with E-state index in [0.29, 0.717) is 16.0 Å². The molecule has 0 aromatic carbocycles. The Morgan fingerprint density at radius 2 is 2.04 bits per heavy atom. The lowest BCUT2D eigenvalue weighted by atomic mass is 9.95. The van der Waals surface area contributed by atoms with Crippen molar-refractivity contribution in [3.05, 3.63) is 34.6 Å². The molecule has 1 saturated carbocycles. The molecule has 0 amide bonds. The molecule has 0 bridgehead atoms. The van der Waals surface area contributed by atoms with Gasteiger partial charge in [-0.05, 0) is 50.3 Å². The van der Waals surface area contributed by atoms with E-state index in [1.807, 2.05) is 19.1 Å². The quantitative estimate of drug-likeness (QED) is 0.683. The molecule has 6 nitrogen and oxygen atoms in total. The van der Waals surface area contributed by atoms with Gasteiger partial charge in [-0.15, -0.1) is 11.3 Å². The van der Waals surface area contributed by atoms with Gasteiger partial charge in [-0.1, -0.05) is 11.6 Å². The number of nitrogens with one attached hydrogen (secondary N) is 1. The minimum absolute atomic E-state index is 0.0663. The first-order valence-corrected chi connectivity index (χ1v) is 9.77. The largest absolute Gasteiger partial charge is 0.473 e. The van der Waals surface area contributed by atoms with Crippen molar-refractivity contribution in [2.75, 3.05) is 5.32 Å². The average Bonchev–Trinajstić information content (AvgIpc) is 2.94. The molecule has 0 saturated heterocycles. The summed E-state index contributed by atoms with van der Waals surface area (Å²) in [5, 5.41) is 13.9. The Balaban J connectivity index is 1.61. The Morgan fingerprint density at radius 3 is 2.85 bits per heavy atom. The van der Waals surface area contributed by atoms with Crippen molar-refractivity contribution in [2.24, 2.45) is 0 Å². The van der Waals surface area contributed by atoms with E-state index in [1.165, 1.54) is 17.7 Å². The summed E-state index contributed by atoms with van der Waals surface area (Å²) in [7, 11) is 0. The number of aromatic nitrogens is 3. The van der Waals surface area contributed by atoms with Crippen molar-refractivity contribution in [3.8, 4) is 5.88 Å². The van der Waals surface area contributed by atoms with E-state index in [1.54, 1.807) is 6.20 Å². The fraction of sp³-hybridized carbons (Fsp3) is 0.389. The van der Waals surface area contributed by atoms with Crippen LogP contribution in [-0.4, -0.2) is 32.3 Å². The van der Waals surface area contributed by atoms with Crippen LogP contribution >= 0.6 is 22.9 Å². The van der Waals surface area contributed by atoms with Gasteiger partial charge in [-0.25, -0.2) is 15.0 Å². The summed E-state index contributed by atoms with van der Waals surface area (Å²) < 4.78 is 6.82. The van der Waals surface area contributed by atoms with Crippen LogP contribution in [0.3, 0.4) is 0 Å². The maximum absolute atomic E-state index is 9.66. The standard InChI is InChI=1S/C18H19ClN4O2S/c1-10-14-16(21-9-22-18(14)26-15(10)19)23-13-3-2-8-20-17(13)25-12-6-4-11(24)5-7-12/h2-3,8-9,11-12,24H,4-7H2,1H3,(H,21,22,23). The van der Waals surface area contributed by atoms with Crippen LogP contribution in [0.5, 0.6) is 5.88 Å². The van der Waals surface area contributed by atoms with Crippen LogP contribution in [0.25, 0.3) is 10.2 Å². The minimum Gasteiger partial charge on any atom is -0.473 e. The zero-order valence-electron chi connectivity index (χ0n) is 14.3. The topological polar surface area (TPSA) is 80.2 Å². The van der Waals surface area contributed by atoms with Gasteiger partial charge in [0.25, 0.3) is 0 Å². The molecule has 0 radical (unpaired) electrons. The molecule has 3 aromatic rings. The summed E-state index contributed by atoms with van der Waals surface area (Å²) in [6, 6.07) is 3.77. The van der Waals surface area contributed by atoms with E-state index >= 15 is 0 Å². The molecule has 3 heterocycles. The first-order chi connectivity index (χ1) is 12.6. The Labute approximate surface area is 160 Å². The number of pyridine rings is 1. The zero-order chi connectivity index (χ0) is 18.1. The van der Waals surface area contributed by atoms with Gasteiger partial charge in [0.15, 0.2) is 0 Å². The van der Waals surface area contributed by atoms with E-state index < -0.39 is 0 Å². The summed E-state index contributed by atoms with van der Waals surface area (Å²) in [6.45, 7) is 1.96. The normalized spacial score (nSPS) is 20.3. The molecule has 1 aliphatic carbocycles. The average molecular weight is 391 g/mol. The third-order valence-corrected chi connectivity index (χ3v) is 6.12. The summed E-state index contributed by atoms with van der Waals surface area (Å²) in [4.78, 5) is 13.9. The lowest BCUT2D eigenvalue weighted by molar-refractivity contribution is 0.0647. The molecule has 0 atom stereocenters. The molecule has 0 unspecified atom stereocenters. The van der Waals surface area contributed by atoms with Gasteiger partial charge >= 0.3 is 0 Å². The van der Waals surface area contributed by atoms with Crippen molar-refractivity contribution in [1.82, 2.24) is 15.0 Å². The summed E-state index contributed by atoms with van der Waals surface area (Å²) in [5.74, 6) is 1.23. The van der Waals surface area contributed by atoms with E-state index in [4.69, 9.17) is 16.3 Å². The fourth-order valence-corrected chi connectivity index (χ4v) is 4.36. The van der Waals surface area contributed by atoms with Crippen LogP contribution in [0.15, 0.2) is 24.7 Å². The van der Waals surface area contributed by atoms with Gasteiger partial charge in [0.1, 0.15) is 28.8 Å². The molecule has 4 rings (SSSR count). The molecule has 1 aliphatic rings. The van der Waals surface area contributed by atoms with Gasteiger partial charge in [0.2, 0.25) is 5.88 Å². The molecule has 8 heteroatoms. The number of anilines is 2. The van der Waals surface area contributed by atoms with Crippen molar-refractivity contribution in [2.45, 2.75) is 44.8 Å². The first kappa shape index (κ1) is 17.5. The highest BCUT2D eigenvalue weighted by atomic mass is 35.5. The molecular weight excluding hydrogens is 372 g/mol. The lowest BCUT2D eigenvalue weighted by Gasteiger charge is -2.26. The SMILES string of the molecule is Cc1c(Cl)sc2ncnc(Nc3cccnc3OC3CCC(O)CC3)c12. The van der Waals surface area contributed by atoms with Crippen molar-refractivity contribution >= 4 is 44.7 Å². The Kier molecular flexibility index (Phi) is 4.93. The lowest BCUT2D eigenvalue weighted by Crippen LogP contribution is -2.27. The Hall–Kier alpha value is -1.96. The molecule has 3 aromatic heterocycles. The number of ether oxygens (including phenoxy) is 1. The van der Waals surface area contributed by atoms with Crippen LogP contribution in [0.1, 0.15) is 31.2 Å². The Bertz CT molecular complexity index is 925.